The largest absolute Gasteiger partial charge is 0.487 e. The smallest absolute Gasteiger partial charge is 0.266 e. The molecule has 1 N–H and O–H groups in total. The van der Waals surface area contributed by atoms with Crippen LogP contribution in [-0.4, -0.2) is 4.98 Å². The average molecular weight is 474 g/mol. The second kappa shape index (κ2) is 7.90. The lowest BCUT2D eigenvalue weighted by Crippen LogP contribution is -2.13. The molecular formula is C20H14Br2N2O2. The van der Waals surface area contributed by atoms with Crippen LogP contribution in [0.1, 0.15) is 16.8 Å². The average Bonchev–Trinajstić information content (AvgIpc) is 2.60. The third kappa shape index (κ3) is 3.90. The van der Waals surface area contributed by atoms with E-state index in [1.807, 2.05) is 48.5 Å². The maximum absolute atomic E-state index is 12.2. The maximum Gasteiger partial charge on any atom is 0.266 e. The molecule has 0 unspecified atom stereocenters. The van der Waals surface area contributed by atoms with Crippen LogP contribution in [0.2, 0.25) is 0 Å². The van der Waals surface area contributed by atoms with Crippen LogP contribution < -0.4 is 10.3 Å². The number of nitriles is 1. The van der Waals surface area contributed by atoms with Crippen molar-refractivity contribution in [2.24, 2.45) is 0 Å². The van der Waals surface area contributed by atoms with Crippen molar-refractivity contribution in [3.05, 3.63) is 84.7 Å². The summed E-state index contributed by atoms with van der Waals surface area (Å²) in [7, 11) is 0. The quantitative estimate of drug-likeness (QED) is 0.557. The van der Waals surface area contributed by atoms with Gasteiger partial charge in [0.05, 0.1) is 4.47 Å². The number of nitrogens with one attached hydrogen (secondary N) is 1. The number of aryl methyl sites for hydroxylation is 1. The fourth-order valence-corrected chi connectivity index (χ4v) is 3.99. The van der Waals surface area contributed by atoms with E-state index in [0.717, 1.165) is 14.5 Å². The Hall–Kier alpha value is -2.36. The van der Waals surface area contributed by atoms with Gasteiger partial charge in [0.2, 0.25) is 0 Å². The number of halogens is 2. The molecule has 4 nitrogen and oxygen atoms in total. The van der Waals surface area contributed by atoms with Gasteiger partial charge >= 0.3 is 0 Å². The van der Waals surface area contributed by atoms with Crippen molar-refractivity contribution in [1.29, 1.82) is 5.26 Å². The van der Waals surface area contributed by atoms with Gasteiger partial charge in [-0.05, 0) is 46.6 Å². The highest BCUT2D eigenvalue weighted by Gasteiger charge is 2.18. The minimum absolute atomic E-state index is 0.0603. The lowest BCUT2D eigenvalue weighted by atomic mass is 10.00. The number of aromatic amines is 1. The Labute approximate surface area is 167 Å². The second-order valence-corrected chi connectivity index (χ2v) is 7.49. The van der Waals surface area contributed by atoms with Gasteiger partial charge in [0, 0.05) is 21.3 Å². The second-order valence-electron chi connectivity index (χ2n) is 5.72. The first kappa shape index (κ1) is 18.4. The van der Waals surface area contributed by atoms with Crippen molar-refractivity contribution in [3.8, 4) is 22.9 Å². The molecule has 1 aromatic heterocycles. The van der Waals surface area contributed by atoms with Gasteiger partial charge in [-0.2, -0.15) is 5.26 Å². The molecule has 0 radical (unpaired) electrons. The normalized spacial score (nSPS) is 10.4. The standard InChI is InChI=1S/C20H14Br2N2O2/c1-12-7-15(17(10-23)20(25)24-12)16-8-14(21)9-18(22)19(16)26-11-13-5-3-2-4-6-13/h2-9H,11H2,1H3,(H,24,25). The minimum atomic E-state index is -0.410. The highest BCUT2D eigenvalue weighted by Crippen LogP contribution is 2.40. The zero-order valence-electron chi connectivity index (χ0n) is 13.8. The number of pyridine rings is 1. The van der Waals surface area contributed by atoms with Gasteiger partial charge in [0.15, 0.2) is 0 Å². The molecule has 0 aliphatic rings. The van der Waals surface area contributed by atoms with Crippen molar-refractivity contribution in [2.45, 2.75) is 13.5 Å². The molecule has 3 aromatic rings. The molecule has 0 fully saturated rings. The Balaban J connectivity index is 2.14. The molecule has 130 valence electrons. The predicted octanol–water partition coefficient (Wildman–Crippen LogP) is 5.33. The van der Waals surface area contributed by atoms with Crippen molar-refractivity contribution >= 4 is 31.9 Å². The van der Waals surface area contributed by atoms with Crippen LogP contribution in [0.15, 0.2) is 62.3 Å². The van der Waals surface area contributed by atoms with Crippen molar-refractivity contribution in [3.63, 3.8) is 0 Å². The minimum Gasteiger partial charge on any atom is -0.487 e. The van der Waals surface area contributed by atoms with Crippen LogP contribution in [0, 0.1) is 18.3 Å². The third-order valence-electron chi connectivity index (χ3n) is 3.80. The molecule has 0 bridgehead atoms. The molecule has 1 heterocycles. The zero-order valence-corrected chi connectivity index (χ0v) is 17.0. The molecule has 0 atom stereocenters. The molecule has 0 aliphatic heterocycles. The van der Waals surface area contributed by atoms with E-state index in [1.165, 1.54) is 0 Å². The number of ether oxygens (including phenoxy) is 1. The van der Waals surface area contributed by atoms with Crippen LogP contribution in [0.4, 0.5) is 0 Å². The van der Waals surface area contributed by atoms with Crippen LogP contribution in [0.3, 0.4) is 0 Å². The molecule has 26 heavy (non-hydrogen) atoms. The number of benzene rings is 2. The Morgan fingerprint density at radius 3 is 2.54 bits per heavy atom. The van der Waals surface area contributed by atoms with E-state index in [2.05, 4.69) is 36.8 Å². The van der Waals surface area contributed by atoms with Crippen LogP contribution in [0.25, 0.3) is 11.1 Å². The molecule has 0 aliphatic carbocycles. The van der Waals surface area contributed by atoms with Gasteiger partial charge in [-0.25, -0.2) is 0 Å². The summed E-state index contributed by atoms with van der Waals surface area (Å²) in [4.78, 5) is 14.8. The van der Waals surface area contributed by atoms with Gasteiger partial charge in [-0.1, -0.05) is 46.3 Å². The van der Waals surface area contributed by atoms with E-state index in [0.29, 0.717) is 29.2 Å². The van der Waals surface area contributed by atoms with Crippen molar-refractivity contribution in [2.75, 3.05) is 0 Å². The molecule has 6 heteroatoms. The monoisotopic (exact) mass is 472 g/mol. The summed E-state index contributed by atoms with van der Waals surface area (Å²) in [5.41, 5.74) is 2.56. The van der Waals surface area contributed by atoms with Crippen molar-refractivity contribution < 1.29 is 4.74 Å². The van der Waals surface area contributed by atoms with Gasteiger partial charge in [0.1, 0.15) is 24.0 Å². The van der Waals surface area contributed by atoms with Gasteiger partial charge in [-0.15, -0.1) is 0 Å². The van der Waals surface area contributed by atoms with E-state index in [4.69, 9.17) is 4.74 Å². The number of H-pyrrole nitrogens is 1. The van der Waals surface area contributed by atoms with Gasteiger partial charge in [-0.3, -0.25) is 4.79 Å². The molecule has 0 amide bonds. The third-order valence-corrected chi connectivity index (χ3v) is 4.85. The van der Waals surface area contributed by atoms with Gasteiger partial charge in [0.25, 0.3) is 5.56 Å². The lowest BCUT2D eigenvalue weighted by Gasteiger charge is -2.15. The van der Waals surface area contributed by atoms with Gasteiger partial charge < -0.3 is 9.72 Å². The Morgan fingerprint density at radius 2 is 1.85 bits per heavy atom. The number of rotatable bonds is 4. The SMILES string of the molecule is Cc1cc(-c2cc(Br)cc(Br)c2OCc2ccccc2)c(C#N)c(=O)[nH]1. The van der Waals surface area contributed by atoms with E-state index < -0.39 is 5.56 Å². The first-order chi connectivity index (χ1) is 12.5. The Morgan fingerprint density at radius 1 is 1.12 bits per heavy atom. The summed E-state index contributed by atoms with van der Waals surface area (Å²) in [5.74, 6) is 0.582. The molecular weight excluding hydrogens is 460 g/mol. The molecule has 0 saturated heterocycles. The summed E-state index contributed by atoms with van der Waals surface area (Å²) in [6.45, 7) is 2.15. The molecule has 3 rings (SSSR count). The molecule has 0 spiro atoms. The fraction of sp³-hybridized carbons (Fsp3) is 0.100. The number of aromatic nitrogens is 1. The highest BCUT2D eigenvalue weighted by molar-refractivity contribution is 9.11. The number of hydrogen-bond acceptors (Lipinski definition) is 3. The topological polar surface area (TPSA) is 65.9 Å². The zero-order chi connectivity index (χ0) is 18.7. The maximum atomic E-state index is 12.2. The number of nitrogens with zero attached hydrogens (tertiary/aromatic N) is 1. The summed E-state index contributed by atoms with van der Waals surface area (Å²) in [6, 6.07) is 17.3. The Kier molecular flexibility index (Phi) is 5.60. The van der Waals surface area contributed by atoms with Crippen LogP contribution in [-0.2, 0) is 6.61 Å². The van der Waals surface area contributed by atoms with E-state index in [-0.39, 0.29) is 5.56 Å². The van der Waals surface area contributed by atoms with E-state index >= 15 is 0 Å². The summed E-state index contributed by atoms with van der Waals surface area (Å²) in [6.07, 6.45) is 0. The molecule has 2 aromatic carbocycles. The first-order valence-corrected chi connectivity index (χ1v) is 9.38. The fourth-order valence-electron chi connectivity index (χ4n) is 2.65. The first-order valence-electron chi connectivity index (χ1n) is 7.79. The van der Waals surface area contributed by atoms with Crippen LogP contribution in [0.5, 0.6) is 5.75 Å². The summed E-state index contributed by atoms with van der Waals surface area (Å²) < 4.78 is 7.60. The summed E-state index contributed by atoms with van der Waals surface area (Å²) >= 11 is 7.00. The number of hydrogen-bond donors (Lipinski definition) is 1. The predicted molar refractivity (Wildman–Crippen MR) is 108 cm³/mol. The molecule has 0 saturated carbocycles. The Bertz CT molecular complexity index is 1050. The lowest BCUT2D eigenvalue weighted by molar-refractivity contribution is 0.305. The van der Waals surface area contributed by atoms with Crippen LogP contribution >= 0.6 is 31.9 Å². The summed E-state index contributed by atoms with van der Waals surface area (Å²) in [5, 5.41) is 9.45. The van der Waals surface area contributed by atoms with E-state index in [1.54, 1.807) is 13.0 Å². The van der Waals surface area contributed by atoms with E-state index in [9.17, 15) is 10.1 Å². The van der Waals surface area contributed by atoms with Crippen molar-refractivity contribution in [1.82, 2.24) is 4.98 Å². The highest BCUT2D eigenvalue weighted by atomic mass is 79.9.